The first kappa shape index (κ1) is 24.3. The lowest BCUT2D eigenvalue weighted by Gasteiger charge is -2.24. The molecule has 34 heavy (non-hydrogen) atoms. The number of alkyl halides is 3. The Morgan fingerprint density at radius 1 is 1.24 bits per heavy atom. The minimum absolute atomic E-state index is 0.0321. The van der Waals surface area contributed by atoms with Gasteiger partial charge in [-0.15, -0.1) is 0 Å². The number of carbonyl (C=O) groups excluding carboxylic acids is 2. The average Bonchev–Trinajstić information content (AvgIpc) is 3.40. The molecule has 4 rings (SSSR count). The molecule has 184 valence electrons. The fourth-order valence-corrected chi connectivity index (χ4v) is 4.70. The van der Waals surface area contributed by atoms with Gasteiger partial charge in [0.15, 0.2) is 0 Å². The van der Waals surface area contributed by atoms with E-state index in [9.17, 15) is 27.2 Å². The Morgan fingerprint density at radius 3 is 2.62 bits per heavy atom. The van der Waals surface area contributed by atoms with Crippen molar-refractivity contribution >= 4 is 11.8 Å². The third-order valence-corrected chi connectivity index (χ3v) is 6.60. The monoisotopic (exact) mass is 481 g/mol. The van der Waals surface area contributed by atoms with E-state index in [4.69, 9.17) is 4.74 Å². The Labute approximate surface area is 194 Å². The van der Waals surface area contributed by atoms with Crippen LogP contribution >= 0.6 is 0 Å². The van der Waals surface area contributed by atoms with E-state index in [2.05, 4.69) is 5.32 Å². The number of nitrogens with one attached hydrogen (secondary N) is 1. The zero-order chi connectivity index (χ0) is 24.6. The number of amides is 2. The molecule has 3 heterocycles. The summed E-state index contributed by atoms with van der Waals surface area (Å²) in [4.78, 5) is 28.2. The first-order chi connectivity index (χ1) is 16.1. The molecule has 2 atom stereocenters. The maximum absolute atomic E-state index is 14.5. The number of aromatic nitrogens is 1. The van der Waals surface area contributed by atoms with Crippen molar-refractivity contribution in [3.8, 4) is 0 Å². The lowest BCUT2D eigenvalue weighted by atomic mass is 10.0. The molecule has 2 aliphatic rings. The van der Waals surface area contributed by atoms with Crippen LogP contribution in [0.15, 0.2) is 24.3 Å². The Bertz CT molecular complexity index is 1100. The Kier molecular flexibility index (Phi) is 6.71. The molecule has 0 spiro atoms. The van der Waals surface area contributed by atoms with Crippen molar-refractivity contribution < 1.29 is 31.9 Å². The molecule has 1 aromatic carbocycles. The van der Waals surface area contributed by atoms with Crippen molar-refractivity contribution in [3.63, 3.8) is 0 Å². The van der Waals surface area contributed by atoms with E-state index in [0.717, 1.165) is 25.0 Å². The minimum Gasteiger partial charge on any atom is -0.373 e. The van der Waals surface area contributed by atoms with Gasteiger partial charge in [0, 0.05) is 24.7 Å². The highest BCUT2D eigenvalue weighted by atomic mass is 19.4. The van der Waals surface area contributed by atoms with Crippen LogP contribution in [0.2, 0.25) is 0 Å². The summed E-state index contributed by atoms with van der Waals surface area (Å²) in [5, 5.41) is 2.73. The molecule has 2 unspecified atom stereocenters. The lowest BCUT2D eigenvalue weighted by molar-refractivity contribution is -0.137. The van der Waals surface area contributed by atoms with Gasteiger partial charge >= 0.3 is 6.18 Å². The Morgan fingerprint density at radius 2 is 2.00 bits per heavy atom. The molecule has 0 radical (unpaired) electrons. The number of ether oxygens (including phenoxy) is 1. The molecular formula is C24H27F4N3O3. The van der Waals surface area contributed by atoms with Crippen LogP contribution < -0.4 is 5.32 Å². The van der Waals surface area contributed by atoms with Crippen LogP contribution in [-0.2, 0) is 24.1 Å². The predicted octanol–water partition coefficient (Wildman–Crippen LogP) is 4.68. The largest absolute Gasteiger partial charge is 0.416 e. The van der Waals surface area contributed by atoms with E-state index < -0.39 is 29.5 Å². The van der Waals surface area contributed by atoms with Crippen LogP contribution in [0.4, 0.5) is 17.6 Å². The summed E-state index contributed by atoms with van der Waals surface area (Å²) in [6, 6.07) is 3.11. The van der Waals surface area contributed by atoms with E-state index >= 15 is 0 Å². The fourth-order valence-electron chi connectivity index (χ4n) is 4.70. The number of hydrogen-bond donors (Lipinski definition) is 1. The predicted molar refractivity (Wildman–Crippen MR) is 116 cm³/mol. The van der Waals surface area contributed by atoms with Crippen molar-refractivity contribution in [1.29, 1.82) is 0 Å². The van der Waals surface area contributed by atoms with Gasteiger partial charge in [0.1, 0.15) is 11.5 Å². The quantitative estimate of drug-likeness (QED) is 0.631. The zero-order valence-electron chi connectivity index (χ0n) is 19.0. The van der Waals surface area contributed by atoms with Crippen molar-refractivity contribution in [2.24, 2.45) is 0 Å². The van der Waals surface area contributed by atoms with Gasteiger partial charge in [0.05, 0.1) is 36.1 Å². The van der Waals surface area contributed by atoms with Gasteiger partial charge in [-0.25, -0.2) is 4.39 Å². The van der Waals surface area contributed by atoms with Crippen molar-refractivity contribution in [3.05, 3.63) is 58.2 Å². The SMILES string of the molecule is CCC(NC(=O)c1cc(C(=O)N2CCCC2C)n2c1COCC2)c1ccc(C(F)(F)F)cc1F. The molecule has 2 aliphatic heterocycles. The summed E-state index contributed by atoms with van der Waals surface area (Å²) in [7, 11) is 0. The normalized spacial score (nSPS) is 19.1. The van der Waals surface area contributed by atoms with Crippen molar-refractivity contribution in [2.45, 2.75) is 64.5 Å². The molecule has 2 aromatic rings. The fraction of sp³-hybridized carbons (Fsp3) is 0.500. The second-order valence-corrected chi connectivity index (χ2v) is 8.75. The maximum atomic E-state index is 14.5. The highest BCUT2D eigenvalue weighted by Crippen LogP contribution is 2.32. The number of likely N-dealkylation sites (tertiary alicyclic amines) is 1. The highest BCUT2D eigenvalue weighted by Gasteiger charge is 2.34. The van der Waals surface area contributed by atoms with Gasteiger partial charge in [-0.1, -0.05) is 13.0 Å². The average molecular weight is 481 g/mol. The number of benzene rings is 1. The smallest absolute Gasteiger partial charge is 0.373 e. The topological polar surface area (TPSA) is 63.6 Å². The van der Waals surface area contributed by atoms with Gasteiger partial charge in [-0.05, 0) is 44.4 Å². The molecule has 10 heteroatoms. The van der Waals surface area contributed by atoms with Crippen molar-refractivity contribution in [1.82, 2.24) is 14.8 Å². The van der Waals surface area contributed by atoms with Crippen LogP contribution in [0.5, 0.6) is 0 Å². The second-order valence-electron chi connectivity index (χ2n) is 8.75. The molecule has 0 saturated carbocycles. The molecule has 0 bridgehead atoms. The summed E-state index contributed by atoms with van der Waals surface area (Å²) in [6.07, 6.45) is -2.55. The molecule has 0 aliphatic carbocycles. The van der Waals surface area contributed by atoms with Gasteiger partial charge in [-0.2, -0.15) is 13.2 Å². The summed E-state index contributed by atoms with van der Waals surface area (Å²) >= 11 is 0. The van der Waals surface area contributed by atoms with Gasteiger partial charge in [0.2, 0.25) is 0 Å². The van der Waals surface area contributed by atoms with Crippen LogP contribution in [-0.4, -0.2) is 40.5 Å². The third kappa shape index (κ3) is 4.55. The Balaban J connectivity index is 1.61. The number of rotatable bonds is 5. The molecule has 1 N–H and O–H groups in total. The van der Waals surface area contributed by atoms with Crippen LogP contribution in [0.25, 0.3) is 0 Å². The summed E-state index contributed by atoms with van der Waals surface area (Å²) < 4.78 is 60.5. The van der Waals surface area contributed by atoms with Crippen molar-refractivity contribution in [2.75, 3.05) is 13.2 Å². The first-order valence-corrected chi connectivity index (χ1v) is 11.4. The third-order valence-electron chi connectivity index (χ3n) is 6.60. The van der Waals surface area contributed by atoms with Gasteiger partial charge in [0.25, 0.3) is 11.8 Å². The van der Waals surface area contributed by atoms with Crippen LogP contribution in [0.1, 0.15) is 76.8 Å². The molecule has 2 amide bonds. The van der Waals surface area contributed by atoms with Crippen LogP contribution in [0.3, 0.4) is 0 Å². The maximum Gasteiger partial charge on any atom is 0.416 e. The minimum atomic E-state index is -4.66. The Hall–Kier alpha value is -2.88. The highest BCUT2D eigenvalue weighted by molar-refractivity contribution is 6.01. The number of hydrogen-bond acceptors (Lipinski definition) is 3. The second kappa shape index (κ2) is 9.40. The van der Waals surface area contributed by atoms with Crippen LogP contribution in [0, 0.1) is 5.82 Å². The van der Waals surface area contributed by atoms with E-state index in [1.165, 1.54) is 0 Å². The van der Waals surface area contributed by atoms with E-state index in [1.807, 2.05) is 6.92 Å². The number of fused-ring (bicyclic) bond motifs is 1. The molecular weight excluding hydrogens is 454 g/mol. The zero-order valence-corrected chi connectivity index (χ0v) is 19.0. The number of halogens is 4. The molecule has 1 saturated heterocycles. The molecule has 6 nitrogen and oxygen atoms in total. The molecule has 1 fully saturated rings. The van der Waals surface area contributed by atoms with E-state index in [0.29, 0.717) is 37.2 Å². The summed E-state index contributed by atoms with van der Waals surface area (Å²) in [5.41, 5.74) is 0.0940. The summed E-state index contributed by atoms with van der Waals surface area (Å²) in [5.74, 6) is -1.72. The number of carbonyl (C=O) groups is 2. The van der Waals surface area contributed by atoms with Gasteiger partial charge in [-0.3, -0.25) is 9.59 Å². The van der Waals surface area contributed by atoms with E-state index in [1.54, 1.807) is 22.5 Å². The lowest BCUT2D eigenvalue weighted by Crippen LogP contribution is -2.35. The molecule has 1 aromatic heterocycles. The number of nitrogens with zero attached hydrogens (tertiary/aromatic N) is 2. The van der Waals surface area contributed by atoms with E-state index in [-0.39, 0.29) is 36.1 Å². The standard InChI is InChI=1S/C24H27F4N3O3/c1-3-19(16-7-6-15(11-18(16)25)24(26,27)28)29-22(32)17-12-20(31-9-10-34-13-21(17)31)23(33)30-8-4-5-14(30)2/h6-7,11-12,14,19H,3-5,8-10,13H2,1-2H3,(H,29,32). The summed E-state index contributed by atoms with van der Waals surface area (Å²) in [6.45, 7) is 5.33. The van der Waals surface area contributed by atoms with Gasteiger partial charge < -0.3 is 19.5 Å². The first-order valence-electron chi connectivity index (χ1n) is 11.4.